The lowest BCUT2D eigenvalue weighted by Gasteiger charge is -2.35. The average molecular weight is 239 g/mol. The third kappa shape index (κ3) is 3.96. The maximum atomic E-state index is 9.68. The molecule has 2 rings (SSSR count). The van der Waals surface area contributed by atoms with E-state index in [2.05, 4.69) is 19.2 Å². The van der Waals surface area contributed by atoms with E-state index in [1.54, 1.807) is 0 Å². The second-order valence-electron chi connectivity index (χ2n) is 6.54. The number of hydrogen-bond acceptors (Lipinski definition) is 2. The van der Waals surface area contributed by atoms with Crippen LogP contribution >= 0.6 is 0 Å². The van der Waals surface area contributed by atoms with E-state index in [4.69, 9.17) is 0 Å². The van der Waals surface area contributed by atoms with E-state index in [0.717, 1.165) is 30.7 Å². The van der Waals surface area contributed by atoms with Crippen LogP contribution in [0.25, 0.3) is 0 Å². The summed E-state index contributed by atoms with van der Waals surface area (Å²) in [7, 11) is 0. The van der Waals surface area contributed by atoms with Gasteiger partial charge in [0.25, 0.3) is 0 Å². The first-order valence-corrected chi connectivity index (χ1v) is 7.59. The SMILES string of the molecule is CC(C)C1CCC(NC2CCCC(O)C2)CC1. The molecular weight excluding hydrogens is 210 g/mol. The zero-order valence-electron chi connectivity index (χ0n) is 11.5. The van der Waals surface area contributed by atoms with E-state index >= 15 is 0 Å². The Balaban J connectivity index is 1.70. The molecule has 2 unspecified atom stereocenters. The van der Waals surface area contributed by atoms with Crippen LogP contribution in [0.15, 0.2) is 0 Å². The molecule has 0 aromatic heterocycles. The van der Waals surface area contributed by atoms with Crippen LogP contribution in [0.3, 0.4) is 0 Å². The van der Waals surface area contributed by atoms with Crippen LogP contribution in [0.5, 0.6) is 0 Å². The van der Waals surface area contributed by atoms with Gasteiger partial charge in [-0.3, -0.25) is 0 Å². The van der Waals surface area contributed by atoms with Crippen molar-refractivity contribution >= 4 is 0 Å². The minimum Gasteiger partial charge on any atom is -0.393 e. The van der Waals surface area contributed by atoms with Crippen LogP contribution in [-0.2, 0) is 0 Å². The second kappa shape index (κ2) is 6.19. The standard InChI is InChI=1S/C15H29NO/c1-11(2)12-6-8-13(9-7-12)16-14-4-3-5-15(17)10-14/h11-17H,3-10H2,1-2H3. The van der Waals surface area contributed by atoms with Gasteiger partial charge in [0.15, 0.2) is 0 Å². The van der Waals surface area contributed by atoms with Crippen molar-refractivity contribution in [3.8, 4) is 0 Å². The maximum absolute atomic E-state index is 9.68. The van der Waals surface area contributed by atoms with E-state index < -0.39 is 0 Å². The highest BCUT2D eigenvalue weighted by Gasteiger charge is 2.26. The monoisotopic (exact) mass is 239 g/mol. The van der Waals surface area contributed by atoms with E-state index in [1.165, 1.54) is 38.5 Å². The molecule has 2 nitrogen and oxygen atoms in total. The fourth-order valence-electron chi connectivity index (χ4n) is 3.60. The highest BCUT2D eigenvalue weighted by atomic mass is 16.3. The van der Waals surface area contributed by atoms with Gasteiger partial charge in [-0.05, 0) is 63.2 Å². The summed E-state index contributed by atoms with van der Waals surface area (Å²) in [6.07, 6.45) is 9.87. The summed E-state index contributed by atoms with van der Waals surface area (Å²) in [5.74, 6) is 1.80. The molecule has 2 aliphatic carbocycles. The van der Waals surface area contributed by atoms with Crippen molar-refractivity contribution < 1.29 is 5.11 Å². The molecule has 0 aliphatic heterocycles. The van der Waals surface area contributed by atoms with Gasteiger partial charge in [-0.1, -0.05) is 13.8 Å². The number of aliphatic hydroxyl groups is 1. The largest absolute Gasteiger partial charge is 0.393 e. The van der Waals surface area contributed by atoms with Crippen molar-refractivity contribution in [3.05, 3.63) is 0 Å². The lowest BCUT2D eigenvalue weighted by Crippen LogP contribution is -2.44. The average Bonchev–Trinajstić information content (AvgIpc) is 2.29. The zero-order valence-corrected chi connectivity index (χ0v) is 11.5. The first kappa shape index (κ1) is 13.4. The van der Waals surface area contributed by atoms with Crippen molar-refractivity contribution in [1.29, 1.82) is 0 Å². The van der Waals surface area contributed by atoms with E-state index in [1.807, 2.05) is 0 Å². The maximum Gasteiger partial charge on any atom is 0.0555 e. The molecule has 2 aliphatic rings. The second-order valence-corrected chi connectivity index (χ2v) is 6.54. The molecule has 2 atom stereocenters. The van der Waals surface area contributed by atoms with Gasteiger partial charge < -0.3 is 10.4 Å². The van der Waals surface area contributed by atoms with Crippen LogP contribution in [0, 0.1) is 11.8 Å². The molecule has 2 saturated carbocycles. The molecule has 0 amide bonds. The number of nitrogens with one attached hydrogen (secondary N) is 1. The minimum atomic E-state index is -0.0479. The van der Waals surface area contributed by atoms with E-state index in [9.17, 15) is 5.11 Å². The first-order chi connectivity index (χ1) is 8.15. The molecule has 17 heavy (non-hydrogen) atoms. The van der Waals surface area contributed by atoms with Crippen molar-refractivity contribution in [2.24, 2.45) is 11.8 Å². The van der Waals surface area contributed by atoms with Gasteiger partial charge in [0.05, 0.1) is 6.10 Å². The molecule has 2 heteroatoms. The summed E-state index contributed by atoms with van der Waals surface area (Å²) in [4.78, 5) is 0. The van der Waals surface area contributed by atoms with Crippen molar-refractivity contribution in [2.75, 3.05) is 0 Å². The summed E-state index contributed by atoms with van der Waals surface area (Å²) in [5.41, 5.74) is 0. The van der Waals surface area contributed by atoms with Gasteiger partial charge in [-0.15, -0.1) is 0 Å². The van der Waals surface area contributed by atoms with Gasteiger partial charge in [-0.2, -0.15) is 0 Å². The van der Waals surface area contributed by atoms with Crippen molar-refractivity contribution in [1.82, 2.24) is 5.32 Å². The third-order valence-electron chi connectivity index (χ3n) is 4.83. The third-order valence-corrected chi connectivity index (χ3v) is 4.83. The van der Waals surface area contributed by atoms with E-state index in [0.29, 0.717) is 6.04 Å². The van der Waals surface area contributed by atoms with Gasteiger partial charge in [0.2, 0.25) is 0 Å². The van der Waals surface area contributed by atoms with Gasteiger partial charge in [0, 0.05) is 12.1 Å². The van der Waals surface area contributed by atoms with Crippen molar-refractivity contribution in [2.45, 2.75) is 83.4 Å². The van der Waals surface area contributed by atoms with Crippen LogP contribution in [0.4, 0.5) is 0 Å². The summed E-state index contributed by atoms with van der Waals surface area (Å²) in [5, 5.41) is 13.5. The molecule has 2 N–H and O–H groups in total. The van der Waals surface area contributed by atoms with Crippen LogP contribution in [0.1, 0.15) is 65.2 Å². The normalized spacial score (nSPS) is 39.5. The summed E-state index contributed by atoms with van der Waals surface area (Å²) < 4.78 is 0. The zero-order chi connectivity index (χ0) is 12.3. The summed E-state index contributed by atoms with van der Waals surface area (Å²) >= 11 is 0. The van der Waals surface area contributed by atoms with Crippen LogP contribution in [0.2, 0.25) is 0 Å². The number of hydrogen-bond donors (Lipinski definition) is 2. The minimum absolute atomic E-state index is 0.0479. The highest BCUT2D eigenvalue weighted by Crippen LogP contribution is 2.30. The van der Waals surface area contributed by atoms with Gasteiger partial charge in [-0.25, -0.2) is 0 Å². The van der Waals surface area contributed by atoms with Crippen LogP contribution < -0.4 is 5.32 Å². The number of aliphatic hydroxyl groups excluding tert-OH is 1. The molecule has 0 spiro atoms. The molecule has 0 aromatic rings. The molecule has 100 valence electrons. The van der Waals surface area contributed by atoms with Crippen LogP contribution in [-0.4, -0.2) is 23.3 Å². The Bertz CT molecular complexity index is 221. The molecule has 0 heterocycles. The quantitative estimate of drug-likeness (QED) is 0.793. The Morgan fingerprint density at radius 2 is 1.65 bits per heavy atom. The Morgan fingerprint density at radius 1 is 0.941 bits per heavy atom. The lowest BCUT2D eigenvalue weighted by atomic mass is 9.79. The molecule has 0 bridgehead atoms. The Morgan fingerprint density at radius 3 is 2.24 bits per heavy atom. The smallest absolute Gasteiger partial charge is 0.0555 e. The Labute approximate surface area is 106 Å². The number of rotatable bonds is 3. The fourth-order valence-corrected chi connectivity index (χ4v) is 3.60. The summed E-state index contributed by atoms with van der Waals surface area (Å²) in [6, 6.07) is 1.31. The topological polar surface area (TPSA) is 32.3 Å². The first-order valence-electron chi connectivity index (χ1n) is 7.59. The molecular formula is C15H29NO. The Hall–Kier alpha value is -0.0800. The predicted molar refractivity (Wildman–Crippen MR) is 72.0 cm³/mol. The van der Waals surface area contributed by atoms with Gasteiger partial charge in [0.1, 0.15) is 0 Å². The van der Waals surface area contributed by atoms with E-state index in [-0.39, 0.29) is 6.10 Å². The molecule has 2 fully saturated rings. The summed E-state index contributed by atoms with van der Waals surface area (Å²) in [6.45, 7) is 4.71. The predicted octanol–water partition coefficient (Wildman–Crippen LogP) is 3.09. The molecule has 0 saturated heterocycles. The Kier molecular flexibility index (Phi) is 4.87. The fraction of sp³-hybridized carbons (Fsp3) is 1.00. The molecule has 0 aromatic carbocycles. The van der Waals surface area contributed by atoms with Gasteiger partial charge >= 0.3 is 0 Å². The van der Waals surface area contributed by atoms with Crippen molar-refractivity contribution in [3.63, 3.8) is 0 Å². The highest BCUT2D eigenvalue weighted by molar-refractivity contribution is 4.84. The lowest BCUT2D eigenvalue weighted by molar-refractivity contribution is 0.104. The molecule has 0 radical (unpaired) electrons.